The number of benzene rings is 1. The Morgan fingerprint density at radius 1 is 1.00 bits per heavy atom. The largest absolute Gasteiger partial charge is 0.493 e. The van der Waals surface area contributed by atoms with Crippen molar-refractivity contribution in [1.29, 1.82) is 0 Å². The van der Waals surface area contributed by atoms with E-state index in [9.17, 15) is 4.79 Å². The maximum atomic E-state index is 12.6. The summed E-state index contributed by atoms with van der Waals surface area (Å²) in [5.41, 5.74) is 1.46. The van der Waals surface area contributed by atoms with Crippen LogP contribution in [0, 0.1) is 0 Å². The topological polar surface area (TPSA) is 91.3 Å². The number of allylic oxidation sites excluding steroid dienone is 1. The number of nitrogens with one attached hydrogen (secondary N) is 1. The molecule has 1 N–H and O–H groups in total. The van der Waals surface area contributed by atoms with Gasteiger partial charge in [0.15, 0.2) is 11.5 Å². The highest BCUT2D eigenvalue weighted by molar-refractivity contribution is 6.20. The molecule has 0 atom stereocenters. The van der Waals surface area contributed by atoms with Crippen molar-refractivity contribution < 1.29 is 23.7 Å². The van der Waals surface area contributed by atoms with Crippen LogP contribution in [0.5, 0.6) is 23.1 Å². The molecule has 1 amide bonds. The second-order valence-electron chi connectivity index (χ2n) is 6.61. The van der Waals surface area contributed by atoms with Gasteiger partial charge in [-0.05, 0) is 42.5 Å². The van der Waals surface area contributed by atoms with Gasteiger partial charge in [-0.2, -0.15) is 0 Å². The summed E-state index contributed by atoms with van der Waals surface area (Å²) < 4.78 is 21.6. The van der Waals surface area contributed by atoms with Gasteiger partial charge >= 0.3 is 0 Å². The highest BCUT2D eigenvalue weighted by Gasteiger charge is 2.24. The van der Waals surface area contributed by atoms with Crippen LogP contribution in [0.15, 0.2) is 41.5 Å². The van der Waals surface area contributed by atoms with Gasteiger partial charge in [-0.3, -0.25) is 4.79 Å². The Kier molecular flexibility index (Phi) is 6.94. The molecule has 32 heavy (non-hydrogen) atoms. The quantitative estimate of drug-likeness (QED) is 0.667. The fourth-order valence-electron chi connectivity index (χ4n) is 3.26. The molecule has 3 rings (SSSR count). The number of hydrogen-bond acceptors (Lipinski definition) is 7. The monoisotopic (exact) mass is 435 g/mol. The maximum Gasteiger partial charge on any atom is 0.275 e. The van der Waals surface area contributed by atoms with Gasteiger partial charge < -0.3 is 24.3 Å². The summed E-state index contributed by atoms with van der Waals surface area (Å²) in [6.45, 7) is 5.62. The van der Waals surface area contributed by atoms with E-state index in [1.54, 1.807) is 30.4 Å². The molecule has 2 aromatic rings. The van der Waals surface area contributed by atoms with Crippen LogP contribution >= 0.6 is 0 Å². The SMILES string of the molecule is C=C/C=c1/nc(OC)c(/C=C2\N=C(c3cc(OC)c(OC)c(OC)c3)NC2=O)c/c1=C/C. The first-order valence-corrected chi connectivity index (χ1v) is 9.75. The van der Waals surface area contributed by atoms with Crippen molar-refractivity contribution in [3.63, 3.8) is 0 Å². The van der Waals surface area contributed by atoms with Gasteiger partial charge in [-0.1, -0.05) is 18.7 Å². The van der Waals surface area contributed by atoms with E-state index in [0.717, 1.165) is 10.6 Å². The minimum Gasteiger partial charge on any atom is -0.493 e. The molecule has 1 aromatic heterocycles. The Morgan fingerprint density at radius 2 is 1.69 bits per heavy atom. The zero-order chi connectivity index (χ0) is 23.3. The summed E-state index contributed by atoms with van der Waals surface area (Å²) >= 11 is 0. The third-order valence-corrected chi connectivity index (χ3v) is 4.78. The van der Waals surface area contributed by atoms with Gasteiger partial charge in [-0.15, -0.1) is 0 Å². The second kappa shape index (κ2) is 9.82. The predicted octanol–water partition coefficient (Wildman–Crippen LogP) is 1.80. The molecule has 166 valence electrons. The van der Waals surface area contributed by atoms with Crippen LogP contribution in [0.4, 0.5) is 0 Å². The summed E-state index contributed by atoms with van der Waals surface area (Å²) in [4.78, 5) is 21.6. The lowest BCUT2D eigenvalue weighted by Crippen LogP contribution is -2.28. The zero-order valence-corrected chi connectivity index (χ0v) is 18.7. The normalized spacial score (nSPS) is 15.5. The number of amides is 1. The number of carbonyl (C=O) groups excluding carboxylic acids is 1. The molecule has 0 unspecified atom stereocenters. The third kappa shape index (κ3) is 4.34. The van der Waals surface area contributed by atoms with Crippen molar-refractivity contribution in [2.45, 2.75) is 6.92 Å². The molecule has 0 saturated heterocycles. The lowest BCUT2D eigenvalue weighted by Gasteiger charge is -2.13. The first-order chi connectivity index (χ1) is 15.5. The maximum absolute atomic E-state index is 12.6. The molecule has 0 aliphatic carbocycles. The molecule has 0 radical (unpaired) electrons. The van der Waals surface area contributed by atoms with Crippen LogP contribution < -0.4 is 34.8 Å². The first-order valence-electron chi connectivity index (χ1n) is 9.75. The fraction of sp³-hybridized carbons (Fsp3) is 0.208. The predicted molar refractivity (Wildman–Crippen MR) is 124 cm³/mol. The molecule has 1 aliphatic rings. The van der Waals surface area contributed by atoms with Gasteiger partial charge in [0.25, 0.3) is 5.91 Å². The van der Waals surface area contributed by atoms with Gasteiger partial charge in [0.1, 0.15) is 11.5 Å². The molecule has 8 nitrogen and oxygen atoms in total. The Bertz CT molecular complexity index is 1220. The van der Waals surface area contributed by atoms with Gasteiger partial charge in [-0.25, -0.2) is 9.98 Å². The van der Waals surface area contributed by atoms with Crippen LogP contribution in [0.25, 0.3) is 18.2 Å². The third-order valence-electron chi connectivity index (χ3n) is 4.78. The molecule has 1 aliphatic heterocycles. The van der Waals surface area contributed by atoms with Crippen molar-refractivity contribution in [3.05, 3.63) is 58.2 Å². The lowest BCUT2D eigenvalue weighted by atomic mass is 10.1. The minimum atomic E-state index is -0.348. The van der Waals surface area contributed by atoms with E-state index < -0.39 is 0 Å². The van der Waals surface area contributed by atoms with E-state index in [0.29, 0.717) is 40.1 Å². The Morgan fingerprint density at radius 3 is 2.22 bits per heavy atom. The Hall–Kier alpha value is -4.07. The van der Waals surface area contributed by atoms with Crippen LogP contribution in [0.2, 0.25) is 0 Å². The van der Waals surface area contributed by atoms with E-state index in [2.05, 4.69) is 21.9 Å². The van der Waals surface area contributed by atoms with Gasteiger partial charge in [0.2, 0.25) is 11.6 Å². The van der Waals surface area contributed by atoms with E-state index in [1.165, 1.54) is 28.4 Å². The van der Waals surface area contributed by atoms with Crippen molar-refractivity contribution in [2.75, 3.05) is 28.4 Å². The van der Waals surface area contributed by atoms with E-state index >= 15 is 0 Å². The number of ether oxygens (including phenoxy) is 4. The molecular weight excluding hydrogens is 410 g/mol. The molecule has 0 saturated carbocycles. The van der Waals surface area contributed by atoms with Crippen molar-refractivity contribution in [2.24, 2.45) is 4.99 Å². The summed E-state index contributed by atoms with van der Waals surface area (Å²) in [5, 5.41) is 4.38. The van der Waals surface area contributed by atoms with Crippen LogP contribution in [-0.2, 0) is 4.79 Å². The molecule has 0 bridgehead atoms. The molecular formula is C24H25N3O5. The van der Waals surface area contributed by atoms with E-state index in [1.807, 2.05) is 19.1 Å². The van der Waals surface area contributed by atoms with Crippen molar-refractivity contribution in [1.82, 2.24) is 10.3 Å². The highest BCUT2D eigenvalue weighted by Crippen LogP contribution is 2.38. The number of hydrogen-bond donors (Lipinski definition) is 1. The fourth-order valence-corrected chi connectivity index (χ4v) is 3.26. The summed E-state index contributed by atoms with van der Waals surface area (Å²) in [5.74, 6) is 1.76. The summed E-state index contributed by atoms with van der Waals surface area (Å²) in [7, 11) is 6.10. The highest BCUT2D eigenvalue weighted by atomic mass is 16.5. The number of amidine groups is 1. The zero-order valence-electron chi connectivity index (χ0n) is 18.7. The average molecular weight is 435 g/mol. The number of methoxy groups -OCH3 is 4. The van der Waals surface area contributed by atoms with Crippen LogP contribution in [0.3, 0.4) is 0 Å². The Labute approximate surface area is 186 Å². The number of aliphatic imine (C=N–C) groups is 1. The molecule has 2 heterocycles. The van der Waals surface area contributed by atoms with E-state index in [-0.39, 0.29) is 11.6 Å². The summed E-state index contributed by atoms with van der Waals surface area (Å²) in [6, 6.07) is 5.32. The van der Waals surface area contributed by atoms with Gasteiger partial charge in [0, 0.05) is 11.1 Å². The van der Waals surface area contributed by atoms with Crippen LogP contribution in [-0.4, -0.2) is 45.2 Å². The average Bonchev–Trinajstić information content (AvgIpc) is 3.18. The van der Waals surface area contributed by atoms with Crippen molar-refractivity contribution >= 4 is 30.0 Å². The van der Waals surface area contributed by atoms with Crippen LogP contribution in [0.1, 0.15) is 18.1 Å². The first kappa shape index (κ1) is 22.6. The number of nitrogens with zero attached hydrogens (tertiary/aromatic N) is 2. The molecule has 8 heteroatoms. The van der Waals surface area contributed by atoms with E-state index in [4.69, 9.17) is 18.9 Å². The van der Waals surface area contributed by atoms with Gasteiger partial charge in [0.05, 0.1) is 33.8 Å². The summed E-state index contributed by atoms with van der Waals surface area (Å²) in [6.07, 6.45) is 7.00. The lowest BCUT2D eigenvalue weighted by molar-refractivity contribution is -0.115. The molecule has 0 fully saturated rings. The number of carbonyl (C=O) groups is 1. The second-order valence-corrected chi connectivity index (χ2v) is 6.61. The number of rotatable bonds is 7. The molecule has 1 aromatic carbocycles. The standard InChI is InChI=1S/C24H25N3O5/c1-7-9-17-14(8-2)10-16(24(26-17)32-6)11-18-23(28)27-22(25-18)15-12-19(29-3)21(31-5)20(13-15)30-4/h7-13H,1H2,2-6H3,(H,25,27,28)/b14-8-,17-9+,18-11-. The number of pyridine rings is 1. The molecule has 0 spiro atoms. The minimum absolute atomic E-state index is 0.219. The van der Waals surface area contributed by atoms with Crippen molar-refractivity contribution in [3.8, 4) is 23.1 Å². The smallest absolute Gasteiger partial charge is 0.275 e. The number of aromatic nitrogens is 1. The Balaban J connectivity index is 2.11.